The van der Waals surface area contributed by atoms with Crippen molar-refractivity contribution >= 4 is 27.5 Å². The maximum Gasteiger partial charge on any atom is 0.0583 e. The molecule has 0 spiro atoms. The van der Waals surface area contributed by atoms with Gasteiger partial charge in [-0.2, -0.15) is 0 Å². The maximum atomic E-state index is 6.10. The van der Waals surface area contributed by atoms with Crippen molar-refractivity contribution in [3.8, 4) is 0 Å². The first kappa shape index (κ1) is 8.54. The first-order valence-electron chi connectivity index (χ1n) is 3.92. The Hall–Kier alpha value is -0.0500. The van der Waals surface area contributed by atoms with Crippen LogP contribution in [0.25, 0.3) is 0 Å². The summed E-state index contributed by atoms with van der Waals surface area (Å²) in [6.45, 7) is 0. The average Bonchev–Trinajstić information content (AvgIpc) is 2.41. The molecule has 0 saturated carbocycles. The molecule has 12 heavy (non-hydrogen) atoms. The predicted octanol–water partition coefficient (Wildman–Crippen LogP) is 3.05. The molecule has 0 amide bonds. The van der Waals surface area contributed by atoms with Crippen LogP contribution in [0.3, 0.4) is 0 Å². The Morgan fingerprint density at radius 2 is 2.25 bits per heavy atom. The van der Waals surface area contributed by atoms with Gasteiger partial charge < -0.3 is 5.73 Å². The summed E-state index contributed by atoms with van der Waals surface area (Å²) in [5.41, 5.74) is 8.32. The van der Waals surface area contributed by atoms with E-state index < -0.39 is 0 Å². The van der Waals surface area contributed by atoms with Crippen LogP contribution in [-0.2, 0) is 6.42 Å². The molecule has 1 aromatic rings. The van der Waals surface area contributed by atoms with Gasteiger partial charge in [0.05, 0.1) is 5.02 Å². The lowest BCUT2D eigenvalue weighted by Gasteiger charge is -2.06. The zero-order valence-corrected chi connectivity index (χ0v) is 8.82. The Morgan fingerprint density at radius 1 is 1.50 bits per heavy atom. The van der Waals surface area contributed by atoms with Gasteiger partial charge in [-0.05, 0) is 46.0 Å². The fourth-order valence-corrected chi connectivity index (χ4v) is 2.30. The molecule has 0 heterocycles. The highest BCUT2D eigenvalue weighted by molar-refractivity contribution is 9.10. The number of hydrogen-bond donors (Lipinski definition) is 1. The third kappa shape index (κ3) is 1.18. The van der Waals surface area contributed by atoms with Gasteiger partial charge in [-0.3, -0.25) is 0 Å². The molecular weight excluding hydrogens is 237 g/mol. The maximum absolute atomic E-state index is 6.10. The van der Waals surface area contributed by atoms with Gasteiger partial charge >= 0.3 is 0 Å². The highest BCUT2D eigenvalue weighted by Crippen LogP contribution is 2.37. The lowest BCUT2D eigenvalue weighted by Crippen LogP contribution is -2.04. The molecule has 64 valence electrons. The molecule has 1 aliphatic carbocycles. The first-order valence-corrected chi connectivity index (χ1v) is 5.09. The van der Waals surface area contributed by atoms with Crippen LogP contribution >= 0.6 is 27.5 Å². The molecule has 1 nitrogen and oxygen atoms in total. The lowest BCUT2D eigenvalue weighted by atomic mass is 10.1. The molecule has 0 unspecified atom stereocenters. The van der Waals surface area contributed by atoms with Crippen molar-refractivity contribution in [2.45, 2.75) is 18.9 Å². The van der Waals surface area contributed by atoms with Crippen LogP contribution in [0.1, 0.15) is 23.6 Å². The summed E-state index contributed by atoms with van der Waals surface area (Å²) in [5, 5.41) is 0.834. The number of hydrogen-bond acceptors (Lipinski definition) is 1. The van der Waals surface area contributed by atoms with Crippen LogP contribution in [0, 0.1) is 0 Å². The van der Waals surface area contributed by atoms with Crippen molar-refractivity contribution < 1.29 is 0 Å². The normalized spacial score (nSPS) is 21.1. The highest BCUT2D eigenvalue weighted by atomic mass is 79.9. The number of fused-ring (bicyclic) bond motifs is 1. The van der Waals surface area contributed by atoms with Crippen LogP contribution in [0.15, 0.2) is 16.6 Å². The minimum Gasteiger partial charge on any atom is -0.324 e. The van der Waals surface area contributed by atoms with Gasteiger partial charge in [0.25, 0.3) is 0 Å². The molecule has 2 N–H and O–H groups in total. The molecule has 3 heteroatoms. The summed E-state index contributed by atoms with van der Waals surface area (Å²) in [4.78, 5) is 0. The summed E-state index contributed by atoms with van der Waals surface area (Å²) in [7, 11) is 0. The molecule has 1 aromatic carbocycles. The van der Waals surface area contributed by atoms with E-state index in [0.29, 0.717) is 0 Å². The monoisotopic (exact) mass is 245 g/mol. The Labute approximate surface area is 85.0 Å². The summed E-state index contributed by atoms with van der Waals surface area (Å²) < 4.78 is 0.969. The van der Waals surface area contributed by atoms with E-state index in [1.807, 2.05) is 6.07 Å². The van der Waals surface area contributed by atoms with Gasteiger partial charge in [0.2, 0.25) is 0 Å². The van der Waals surface area contributed by atoms with Crippen molar-refractivity contribution in [2.24, 2.45) is 5.73 Å². The molecule has 0 radical (unpaired) electrons. The molecule has 0 fully saturated rings. The number of benzene rings is 1. The fraction of sp³-hybridized carbons (Fsp3) is 0.333. The van der Waals surface area contributed by atoms with E-state index in [0.717, 1.165) is 22.3 Å². The summed E-state index contributed by atoms with van der Waals surface area (Å²) >= 11 is 9.50. The van der Waals surface area contributed by atoms with E-state index in [-0.39, 0.29) is 6.04 Å². The highest BCUT2D eigenvalue weighted by Gasteiger charge is 2.21. The SMILES string of the molecule is N[C@H]1CCc2c1ccc(Br)c2Cl. The van der Waals surface area contributed by atoms with Gasteiger partial charge in [0.15, 0.2) is 0 Å². The van der Waals surface area contributed by atoms with Gasteiger partial charge in [-0.15, -0.1) is 0 Å². The Balaban J connectivity index is 2.60. The fourth-order valence-electron chi connectivity index (χ4n) is 1.66. The third-order valence-corrected chi connectivity index (χ3v) is 3.66. The molecule has 1 atom stereocenters. The lowest BCUT2D eigenvalue weighted by molar-refractivity contribution is 0.713. The number of nitrogens with two attached hydrogens (primary N) is 1. The van der Waals surface area contributed by atoms with Crippen LogP contribution in [0.5, 0.6) is 0 Å². The smallest absolute Gasteiger partial charge is 0.0583 e. The van der Waals surface area contributed by atoms with E-state index in [1.54, 1.807) is 0 Å². The minimum atomic E-state index is 0.186. The van der Waals surface area contributed by atoms with Crippen molar-refractivity contribution in [1.29, 1.82) is 0 Å². The Bertz CT molecular complexity index is 325. The molecule has 1 aliphatic rings. The molecule has 0 aliphatic heterocycles. The van der Waals surface area contributed by atoms with E-state index in [9.17, 15) is 0 Å². The topological polar surface area (TPSA) is 26.0 Å². The Morgan fingerprint density at radius 3 is 3.00 bits per heavy atom. The van der Waals surface area contributed by atoms with Gasteiger partial charge in [0, 0.05) is 10.5 Å². The van der Waals surface area contributed by atoms with E-state index >= 15 is 0 Å². The quantitative estimate of drug-likeness (QED) is 0.748. The van der Waals surface area contributed by atoms with Crippen molar-refractivity contribution in [2.75, 3.05) is 0 Å². The summed E-state index contributed by atoms with van der Waals surface area (Å²) in [5.74, 6) is 0. The van der Waals surface area contributed by atoms with E-state index in [4.69, 9.17) is 17.3 Å². The molecule has 0 aromatic heterocycles. The molecular formula is C9H9BrClN. The average molecular weight is 247 g/mol. The molecule has 0 saturated heterocycles. The number of halogens is 2. The van der Waals surface area contributed by atoms with Gasteiger partial charge in [-0.1, -0.05) is 17.7 Å². The second-order valence-electron chi connectivity index (χ2n) is 3.07. The zero-order valence-electron chi connectivity index (χ0n) is 6.48. The Kier molecular flexibility index (Phi) is 2.15. The van der Waals surface area contributed by atoms with Crippen LogP contribution < -0.4 is 5.73 Å². The number of rotatable bonds is 0. The minimum absolute atomic E-state index is 0.186. The standard InChI is InChI=1S/C9H9BrClN/c10-7-3-1-5-6(9(7)11)2-4-8(5)12/h1,3,8H,2,4,12H2/t8-/m0/s1. The van der Waals surface area contributed by atoms with Crippen molar-refractivity contribution in [3.05, 3.63) is 32.8 Å². The van der Waals surface area contributed by atoms with Crippen LogP contribution in [0.2, 0.25) is 5.02 Å². The van der Waals surface area contributed by atoms with Crippen LogP contribution in [0.4, 0.5) is 0 Å². The van der Waals surface area contributed by atoms with Crippen molar-refractivity contribution in [3.63, 3.8) is 0 Å². The van der Waals surface area contributed by atoms with Crippen LogP contribution in [-0.4, -0.2) is 0 Å². The zero-order chi connectivity index (χ0) is 8.72. The van der Waals surface area contributed by atoms with Crippen molar-refractivity contribution in [1.82, 2.24) is 0 Å². The third-order valence-electron chi connectivity index (χ3n) is 2.34. The summed E-state index contributed by atoms with van der Waals surface area (Å²) in [6.07, 6.45) is 2.03. The largest absolute Gasteiger partial charge is 0.324 e. The van der Waals surface area contributed by atoms with E-state index in [2.05, 4.69) is 22.0 Å². The van der Waals surface area contributed by atoms with E-state index in [1.165, 1.54) is 11.1 Å². The molecule has 2 rings (SSSR count). The second kappa shape index (κ2) is 3.02. The predicted molar refractivity (Wildman–Crippen MR) is 54.4 cm³/mol. The molecule has 0 bridgehead atoms. The second-order valence-corrected chi connectivity index (χ2v) is 4.31. The first-order chi connectivity index (χ1) is 5.70. The van der Waals surface area contributed by atoms with Gasteiger partial charge in [0.1, 0.15) is 0 Å². The van der Waals surface area contributed by atoms with Gasteiger partial charge in [-0.25, -0.2) is 0 Å². The summed E-state index contributed by atoms with van der Waals surface area (Å²) in [6, 6.07) is 4.21.